The van der Waals surface area contributed by atoms with Gasteiger partial charge in [0.2, 0.25) is 0 Å². The molecular weight excluding hydrogens is 985 g/mol. The minimum atomic E-state index is 1.23. The molecule has 0 N–H and O–H groups in total. The first-order chi connectivity index (χ1) is 40.4. The van der Waals surface area contributed by atoms with E-state index < -0.39 is 0 Å². The molecule has 0 bridgehead atoms. The number of hydrogen-bond donors (Lipinski definition) is 0. The molecule has 1 radical (unpaired) electrons. The van der Waals surface area contributed by atoms with Gasteiger partial charge < -0.3 is 0 Å². The van der Waals surface area contributed by atoms with Crippen molar-refractivity contribution in [3.63, 3.8) is 0 Å². The third-order valence-corrected chi connectivity index (χ3v) is 18.8. The zero-order chi connectivity index (χ0) is 53.1. The molecule has 0 saturated heterocycles. The molecule has 0 aliphatic heterocycles. The van der Waals surface area contributed by atoms with Gasteiger partial charge >= 0.3 is 0 Å². The molecule has 0 heteroatoms. The molecule has 0 heterocycles. The SMILES string of the molecule is [c]1ccc2cc3cc4cc5cc6cc7cc8cc9cc%10cc%11cc%12cc%13cc%14cc%15cc%16cc%17cc%18cc%19cc%20ccccc%20cc%19cc%18cc%17cc%16cc%15cc%14cc%13cc%12cc%11cc%10cc9cc8cc7cc6cc5cc4cc3cc2c1. The lowest BCUT2D eigenvalue weighted by Crippen LogP contribution is -1.84. The minimum Gasteiger partial charge on any atom is -0.0616 e. The Morgan fingerprint density at radius 2 is 0.244 bits per heavy atom. The minimum absolute atomic E-state index is 1.23. The number of hydrogen-bond acceptors (Lipinski definition) is 0. The lowest BCUT2D eigenvalue weighted by molar-refractivity contribution is 1.77. The van der Waals surface area contributed by atoms with Crippen molar-refractivity contribution in [2.45, 2.75) is 0 Å². The fourth-order valence-electron chi connectivity index (χ4n) is 14.6. The zero-order valence-electron chi connectivity index (χ0n) is 44.3. The maximum atomic E-state index is 3.24. The molecule has 0 aliphatic carbocycles. The molecule has 20 aromatic rings. The standard InChI is InChI=1S/C82H43/c1-2-6-46-10-50-14-54-18-58-22-62-26-66-30-70-34-74-38-78-42-82-44-80-40-76-36-72-32-68-28-64-24-60-20-56-16-52-12-48-8-4-3-7-47(48)11-51(52)15-55(56)19-59(60)23-63(64)27-67(68)31-71(72)35-75(76)39-79(80)43-81(82)41-77(78)37-73(74)33-69(70)29-65(66)25-61(62)21-57(58)17-53(54)13-49(50)9-45(46)5-1/h1-3,5-44H. The quantitative estimate of drug-likeness (QED) is 0.133. The molecule has 0 nitrogen and oxygen atoms in total. The van der Waals surface area contributed by atoms with Crippen LogP contribution in [0.2, 0.25) is 0 Å². The van der Waals surface area contributed by atoms with E-state index in [-0.39, 0.29) is 0 Å². The van der Waals surface area contributed by atoms with Gasteiger partial charge in [-0.05, 0) is 435 Å². The molecular formula is C82H43. The Labute approximate surface area is 468 Å². The highest BCUT2D eigenvalue weighted by atomic mass is 14.2. The maximum Gasteiger partial charge on any atom is -0.0171 e. The van der Waals surface area contributed by atoms with Gasteiger partial charge in [-0.25, -0.2) is 0 Å². The molecule has 0 saturated carbocycles. The summed E-state index contributed by atoms with van der Waals surface area (Å²) in [7, 11) is 0. The van der Waals surface area contributed by atoms with Crippen molar-refractivity contribution in [3.8, 4) is 0 Å². The van der Waals surface area contributed by atoms with Crippen LogP contribution in [-0.2, 0) is 0 Å². The number of fused-ring (bicyclic) bond motifs is 19. The predicted octanol–water partition coefficient (Wildman–Crippen LogP) is 23.4. The van der Waals surface area contributed by atoms with Crippen LogP contribution < -0.4 is 0 Å². The van der Waals surface area contributed by atoms with E-state index in [0.29, 0.717) is 0 Å². The second-order valence-corrected chi connectivity index (χ2v) is 23.9. The fraction of sp³-hybridized carbons (Fsp3) is 0. The van der Waals surface area contributed by atoms with Gasteiger partial charge in [0.1, 0.15) is 0 Å². The van der Waals surface area contributed by atoms with E-state index in [0.717, 1.165) is 0 Å². The van der Waals surface area contributed by atoms with E-state index in [2.05, 4.69) is 261 Å². The number of rotatable bonds is 0. The van der Waals surface area contributed by atoms with Crippen LogP contribution in [0.1, 0.15) is 0 Å². The van der Waals surface area contributed by atoms with Gasteiger partial charge in [0.25, 0.3) is 0 Å². The van der Waals surface area contributed by atoms with Crippen LogP contribution in [0.5, 0.6) is 0 Å². The first-order valence-electron chi connectivity index (χ1n) is 28.6. The molecule has 0 fully saturated rings. The smallest absolute Gasteiger partial charge is 0.0171 e. The zero-order valence-corrected chi connectivity index (χ0v) is 44.3. The highest BCUT2D eigenvalue weighted by Crippen LogP contribution is 2.40. The first kappa shape index (κ1) is 43.2. The molecule has 0 aromatic heterocycles. The van der Waals surface area contributed by atoms with Gasteiger partial charge in [0.05, 0.1) is 0 Å². The molecule has 82 heavy (non-hydrogen) atoms. The normalized spacial score (nSPS) is 12.6. The van der Waals surface area contributed by atoms with E-state index in [1.54, 1.807) is 0 Å². The van der Waals surface area contributed by atoms with Crippen molar-refractivity contribution >= 4 is 205 Å². The summed E-state index contributed by atoms with van der Waals surface area (Å²) < 4.78 is 0. The predicted molar refractivity (Wildman–Crippen MR) is 358 cm³/mol. The average Bonchev–Trinajstić information content (AvgIpc) is 3.37. The molecule has 20 rings (SSSR count). The summed E-state index contributed by atoms with van der Waals surface area (Å²) in [5.74, 6) is 0. The Balaban J connectivity index is 0.658. The molecule has 20 aromatic carbocycles. The molecule has 0 amide bonds. The lowest BCUT2D eigenvalue weighted by Gasteiger charge is -2.11. The van der Waals surface area contributed by atoms with Crippen LogP contribution in [0.3, 0.4) is 0 Å². The van der Waals surface area contributed by atoms with Gasteiger partial charge in [-0.2, -0.15) is 0 Å². The summed E-state index contributed by atoms with van der Waals surface area (Å²) in [4.78, 5) is 0. The van der Waals surface area contributed by atoms with Crippen LogP contribution in [0, 0.1) is 6.07 Å². The Hall–Kier alpha value is -10.7. The van der Waals surface area contributed by atoms with Crippen LogP contribution in [0.25, 0.3) is 205 Å². The highest BCUT2D eigenvalue weighted by Gasteiger charge is 2.13. The third-order valence-electron chi connectivity index (χ3n) is 18.8. The summed E-state index contributed by atoms with van der Waals surface area (Å²) in [5.41, 5.74) is 0. The maximum absolute atomic E-state index is 3.24. The topological polar surface area (TPSA) is 0 Å². The lowest BCUT2D eigenvalue weighted by atomic mass is 9.93. The summed E-state index contributed by atoms with van der Waals surface area (Å²) in [6.07, 6.45) is 0. The van der Waals surface area contributed by atoms with E-state index in [1.165, 1.54) is 205 Å². The fourth-order valence-corrected chi connectivity index (χ4v) is 14.6. The third kappa shape index (κ3) is 6.49. The monoisotopic (exact) mass is 1030 g/mol. The summed E-state index contributed by atoms with van der Waals surface area (Å²) in [6, 6.07) is 104. The van der Waals surface area contributed by atoms with E-state index in [4.69, 9.17) is 0 Å². The van der Waals surface area contributed by atoms with Crippen LogP contribution in [0.4, 0.5) is 0 Å². The van der Waals surface area contributed by atoms with Crippen molar-refractivity contribution in [3.05, 3.63) is 267 Å². The highest BCUT2D eigenvalue weighted by molar-refractivity contribution is 6.18. The van der Waals surface area contributed by atoms with Crippen molar-refractivity contribution < 1.29 is 0 Å². The molecule has 0 aliphatic rings. The molecule has 0 atom stereocenters. The van der Waals surface area contributed by atoms with Gasteiger partial charge in [-0.1, -0.05) is 36.4 Å². The molecule has 0 spiro atoms. The van der Waals surface area contributed by atoms with Crippen molar-refractivity contribution in [1.82, 2.24) is 0 Å². The van der Waals surface area contributed by atoms with Crippen molar-refractivity contribution in [2.75, 3.05) is 0 Å². The van der Waals surface area contributed by atoms with Crippen LogP contribution >= 0.6 is 0 Å². The second kappa shape index (κ2) is 15.6. The molecule has 371 valence electrons. The van der Waals surface area contributed by atoms with Gasteiger partial charge in [-0.3, -0.25) is 0 Å². The van der Waals surface area contributed by atoms with Gasteiger partial charge in [0.15, 0.2) is 0 Å². The largest absolute Gasteiger partial charge is 0.0616 e. The first-order valence-corrected chi connectivity index (χ1v) is 28.6. The Morgan fingerprint density at radius 1 is 0.122 bits per heavy atom. The van der Waals surface area contributed by atoms with Crippen molar-refractivity contribution in [2.24, 2.45) is 0 Å². The summed E-state index contributed by atoms with van der Waals surface area (Å²) in [6.45, 7) is 0. The van der Waals surface area contributed by atoms with E-state index >= 15 is 0 Å². The summed E-state index contributed by atoms with van der Waals surface area (Å²) in [5, 5.41) is 48.2. The Bertz CT molecular complexity index is 5650. The second-order valence-electron chi connectivity index (χ2n) is 23.9. The van der Waals surface area contributed by atoms with Crippen molar-refractivity contribution in [1.29, 1.82) is 0 Å². The Kier molecular flexibility index (Phi) is 8.22. The van der Waals surface area contributed by atoms with Crippen LogP contribution in [0.15, 0.2) is 261 Å². The van der Waals surface area contributed by atoms with E-state index in [1.807, 2.05) is 6.07 Å². The van der Waals surface area contributed by atoms with Gasteiger partial charge in [0, 0.05) is 0 Å². The summed E-state index contributed by atoms with van der Waals surface area (Å²) >= 11 is 0. The average molecular weight is 1030 g/mol. The molecule has 0 unspecified atom stereocenters. The number of benzene rings is 20. The van der Waals surface area contributed by atoms with Gasteiger partial charge in [-0.15, -0.1) is 0 Å². The van der Waals surface area contributed by atoms with E-state index in [9.17, 15) is 0 Å². The Morgan fingerprint density at radius 3 is 0.402 bits per heavy atom. The van der Waals surface area contributed by atoms with Crippen LogP contribution in [-0.4, -0.2) is 0 Å².